The van der Waals surface area contributed by atoms with E-state index in [0.717, 1.165) is 5.56 Å². The number of hydrogen-bond donors (Lipinski definition) is 0. The van der Waals surface area contributed by atoms with E-state index in [9.17, 15) is 5.11 Å². The van der Waals surface area contributed by atoms with E-state index in [1.54, 1.807) is 6.92 Å². The summed E-state index contributed by atoms with van der Waals surface area (Å²) >= 11 is 0. The molecule has 1 rings (SSSR count). The molecule has 1 aromatic rings. The third-order valence-electron chi connectivity index (χ3n) is 2.25. The SMILES string of the molecule is CC([O])c1ccc(C(C)(C)C)cc1. The van der Waals surface area contributed by atoms with Crippen molar-refractivity contribution in [1.29, 1.82) is 0 Å². The zero-order valence-corrected chi connectivity index (χ0v) is 8.79. The lowest BCUT2D eigenvalue weighted by Crippen LogP contribution is -2.10. The molecular formula is C12H17O. The van der Waals surface area contributed by atoms with Gasteiger partial charge in [-0.05, 0) is 23.5 Å². The maximum absolute atomic E-state index is 11.1. The molecule has 0 aromatic heterocycles. The van der Waals surface area contributed by atoms with E-state index in [0.29, 0.717) is 0 Å². The summed E-state index contributed by atoms with van der Waals surface area (Å²) in [5, 5.41) is 11.1. The molecule has 0 saturated heterocycles. The quantitative estimate of drug-likeness (QED) is 0.626. The molecule has 1 aromatic carbocycles. The maximum Gasteiger partial charge on any atom is 0.115 e. The fourth-order valence-electron chi connectivity index (χ4n) is 1.25. The summed E-state index contributed by atoms with van der Waals surface area (Å²) in [5.74, 6) is 0. The van der Waals surface area contributed by atoms with Crippen LogP contribution < -0.4 is 0 Å². The van der Waals surface area contributed by atoms with Crippen molar-refractivity contribution in [2.24, 2.45) is 0 Å². The highest BCUT2D eigenvalue weighted by atomic mass is 16.3. The van der Waals surface area contributed by atoms with Gasteiger partial charge in [-0.2, -0.15) is 0 Å². The highest BCUT2D eigenvalue weighted by Gasteiger charge is 2.13. The van der Waals surface area contributed by atoms with Crippen molar-refractivity contribution in [3.63, 3.8) is 0 Å². The third kappa shape index (κ3) is 2.56. The van der Waals surface area contributed by atoms with Gasteiger partial charge in [0.1, 0.15) is 6.10 Å². The van der Waals surface area contributed by atoms with Crippen molar-refractivity contribution < 1.29 is 5.11 Å². The minimum atomic E-state index is -0.617. The molecule has 0 N–H and O–H groups in total. The lowest BCUT2D eigenvalue weighted by Gasteiger charge is -2.19. The third-order valence-corrected chi connectivity index (χ3v) is 2.25. The van der Waals surface area contributed by atoms with Crippen molar-refractivity contribution in [3.05, 3.63) is 35.4 Å². The van der Waals surface area contributed by atoms with Gasteiger partial charge < -0.3 is 0 Å². The Hall–Kier alpha value is -0.820. The van der Waals surface area contributed by atoms with E-state index < -0.39 is 6.10 Å². The molecule has 0 spiro atoms. The Bertz CT molecular complexity index is 264. The Kier molecular flexibility index (Phi) is 2.77. The Balaban J connectivity index is 2.94. The molecule has 1 radical (unpaired) electrons. The van der Waals surface area contributed by atoms with E-state index in [-0.39, 0.29) is 5.41 Å². The van der Waals surface area contributed by atoms with Crippen LogP contribution in [0.2, 0.25) is 0 Å². The summed E-state index contributed by atoms with van der Waals surface area (Å²) in [6.45, 7) is 8.18. The first-order valence-electron chi connectivity index (χ1n) is 4.67. The number of rotatable bonds is 1. The van der Waals surface area contributed by atoms with Gasteiger partial charge in [-0.1, -0.05) is 45.0 Å². The summed E-state index contributed by atoms with van der Waals surface area (Å²) in [6.07, 6.45) is -0.617. The Morgan fingerprint density at radius 3 is 1.85 bits per heavy atom. The minimum Gasteiger partial charge on any atom is -0.228 e. The molecule has 1 unspecified atom stereocenters. The fourth-order valence-corrected chi connectivity index (χ4v) is 1.25. The molecule has 1 heteroatoms. The smallest absolute Gasteiger partial charge is 0.115 e. The molecule has 0 bridgehead atoms. The van der Waals surface area contributed by atoms with E-state index in [2.05, 4.69) is 20.8 Å². The second-order valence-electron chi connectivity index (χ2n) is 4.51. The summed E-state index contributed by atoms with van der Waals surface area (Å²) < 4.78 is 0. The molecule has 1 nitrogen and oxygen atoms in total. The average Bonchev–Trinajstić information content (AvgIpc) is 2.03. The van der Waals surface area contributed by atoms with Crippen LogP contribution in [0.15, 0.2) is 24.3 Å². The second-order valence-corrected chi connectivity index (χ2v) is 4.51. The molecule has 0 aliphatic heterocycles. The van der Waals surface area contributed by atoms with Gasteiger partial charge in [0.25, 0.3) is 0 Å². The molecule has 0 heterocycles. The first-order valence-corrected chi connectivity index (χ1v) is 4.67. The van der Waals surface area contributed by atoms with E-state index >= 15 is 0 Å². The zero-order chi connectivity index (χ0) is 10.1. The van der Waals surface area contributed by atoms with E-state index in [4.69, 9.17) is 0 Å². The molecule has 0 amide bonds. The van der Waals surface area contributed by atoms with Crippen LogP contribution >= 0.6 is 0 Å². The summed E-state index contributed by atoms with van der Waals surface area (Å²) in [5.41, 5.74) is 2.31. The van der Waals surface area contributed by atoms with E-state index in [1.165, 1.54) is 5.56 Å². The number of hydrogen-bond acceptors (Lipinski definition) is 0. The van der Waals surface area contributed by atoms with Crippen LogP contribution in [-0.4, -0.2) is 0 Å². The van der Waals surface area contributed by atoms with Gasteiger partial charge >= 0.3 is 0 Å². The van der Waals surface area contributed by atoms with Gasteiger partial charge in [-0.25, -0.2) is 5.11 Å². The van der Waals surface area contributed by atoms with E-state index in [1.807, 2.05) is 24.3 Å². The summed E-state index contributed by atoms with van der Waals surface area (Å²) in [7, 11) is 0. The monoisotopic (exact) mass is 177 g/mol. The summed E-state index contributed by atoms with van der Waals surface area (Å²) in [4.78, 5) is 0. The zero-order valence-electron chi connectivity index (χ0n) is 8.79. The van der Waals surface area contributed by atoms with Gasteiger partial charge in [0.15, 0.2) is 0 Å². The van der Waals surface area contributed by atoms with Crippen LogP contribution in [0.3, 0.4) is 0 Å². The van der Waals surface area contributed by atoms with Crippen molar-refractivity contribution in [3.8, 4) is 0 Å². The molecule has 0 saturated carbocycles. The Morgan fingerprint density at radius 2 is 1.54 bits per heavy atom. The number of benzene rings is 1. The van der Waals surface area contributed by atoms with Crippen molar-refractivity contribution in [1.82, 2.24) is 0 Å². The predicted molar refractivity (Wildman–Crippen MR) is 54.2 cm³/mol. The normalized spacial score (nSPS) is 14.2. The lowest BCUT2D eigenvalue weighted by molar-refractivity contribution is 0.106. The molecule has 71 valence electrons. The van der Waals surface area contributed by atoms with Crippen LogP contribution in [0.4, 0.5) is 0 Å². The van der Waals surface area contributed by atoms with Gasteiger partial charge in [0, 0.05) is 0 Å². The highest BCUT2D eigenvalue weighted by molar-refractivity contribution is 5.28. The van der Waals surface area contributed by atoms with Crippen molar-refractivity contribution in [2.45, 2.75) is 39.2 Å². The average molecular weight is 177 g/mol. The molecular weight excluding hydrogens is 160 g/mol. The lowest BCUT2D eigenvalue weighted by atomic mass is 9.86. The van der Waals surface area contributed by atoms with Crippen molar-refractivity contribution in [2.75, 3.05) is 0 Å². The summed E-state index contributed by atoms with van der Waals surface area (Å²) in [6, 6.07) is 7.95. The maximum atomic E-state index is 11.1. The van der Waals surface area contributed by atoms with Gasteiger partial charge in [-0.15, -0.1) is 0 Å². The second kappa shape index (κ2) is 3.51. The Morgan fingerprint density at radius 1 is 1.08 bits per heavy atom. The first-order chi connectivity index (χ1) is 5.91. The first kappa shape index (κ1) is 10.3. The molecule has 13 heavy (non-hydrogen) atoms. The molecule has 1 atom stereocenters. The van der Waals surface area contributed by atoms with Crippen LogP contribution in [-0.2, 0) is 10.5 Å². The van der Waals surface area contributed by atoms with Gasteiger partial charge in [0.2, 0.25) is 0 Å². The fraction of sp³-hybridized carbons (Fsp3) is 0.500. The van der Waals surface area contributed by atoms with Crippen LogP contribution in [0.5, 0.6) is 0 Å². The predicted octanol–water partition coefficient (Wildman–Crippen LogP) is 3.48. The van der Waals surface area contributed by atoms with Crippen LogP contribution in [0.1, 0.15) is 44.9 Å². The molecule has 0 fully saturated rings. The van der Waals surface area contributed by atoms with Gasteiger partial charge in [0.05, 0.1) is 0 Å². The standard InChI is InChI=1S/C12H17O/c1-9(13)10-5-7-11(8-6-10)12(2,3)4/h5-9H,1-4H3. The van der Waals surface area contributed by atoms with Crippen LogP contribution in [0, 0.1) is 0 Å². The van der Waals surface area contributed by atoms with Crippen LogP contribution in [0.25, 0.3) is 0 Å². The minimum absolute atomic E-state index is 0.171. The topological polar surface area (TPSA) is 19.9 Å². The molecule has 0 aliphatic rings. The largest absolute Gasteiger partial charge is 0.228 e. The Labute approximate surface area is 80.4 Å². The molecule has 0 aliphatic carbocycles. The van der Waals surface area contributed by atoms with Crippen molar-refractivity contribution >= 4 is 0 Å². The highest BCUT2D eigenvalue weighted by Crippen LogP contribution is 2.23. The van der Waals surface area contributed by atoms with Gasteiger partial charge in [-0.3, -0.25) is 0 Å².